The van der Waals surface area contributed by atoms with Crippen LogP contribution in [0.15, 0.2) is 47.4 Å². The minimum absolute atomic E-state index is 0.0228. The molecule has 1 saturated heterocycles. The molecule has 2 saturated carbocycles. The van der Waals surface area contributed by atoms with Crippen molar-refractivity contribution in [3.05, 3.63) is 47.5 Å². The Balaban J connectivity index is 1.19. The molecule has 0 bridgehead atoms. The summed E-state index contributed by atoms with van der Waals surface area (Å²) >= 11 is 5.98. The van der Waals surface area contributed by atoms with Crippen LogP contribution in [-0.2, 0) is 14.8 Å². The second kappa shape index (κ2) is 8.76. The monoisotopic (exact) mass is 514 g/mol. The van der Waals surface area contributed by atoms with Gasteiger partial charge >= 0.3 is 0 Å². The van der Waals surface area contributed by atoms with Crippen LogP contribution in [0.1, 0.15) is 38.5 Å². The molecule has 2 aromatic heterocycles. The lowest BCUT2D eigenvalue weighted by Crippen LogP contribution is -2.48. The van der Waals surface area contributed by atoms with Crippen LogP contribution in [0.3, 0.4) is 0 Å². The number of halogens is 1. The van der Waals surface area contributed by atoms with Gasteiger partial charge in [-0.25, -0.2) is 8.42 Å². The average Bonchev–Trinajstić information content (AvgIpc) is 3.77. The molecule has 3 heterocycles. The Hall–Kier alpha value is -2.69. The van der Waals surface area contributed by atoms with Gasteiger partial charge in [0.05, 0.1) is 4.90 Å². The van der Waals surface area contributed by atoms with E-state index in [0.717, 1.165) is 44.3 Å². The summed E-state index contributed by atoms with van der Waals surface area (Å²) in [4.78, 5) is 19.1. The fraction of sp³-hybridized carbons (Fsp3) is 0.458. The highest BCUT2D eigenvalue weighted by atomic mass is 35.5. The Morgan fingerprint density at radius 1 is 0.971 bits per heavy atom. The van der Waals surface area contributed by atoms with E-state index in [4.69, 9.17) is 11.6 Å². The van der Waals surface area contributed by atoms with Gasteiger partial charge in [0.2, 0.25) is 21.9 Å². The molecule has 9 nitrogen and oxygen atoms in total. The van der Waals surface area contributed by atoms with Gasteiger partial charge in [-0.05, 0) is 74.9 Å². The quantitative estimate of drug-likeness (QED) is 0.517. The van der Waals surface area contributed by atoms with Gasteiger partial charge in [0.15, 0.2) is 5.65 Å². The molecule has 0 spiro atoms. The first-order valence-corrected chi connectivity index (χ1v) is 13.9. The van der Waals surface area contributed by atoms with Gasteiger partial charge < -0.3 is 4.90 Å². The number of anilines is 2. The van der Waals surface area contributed by atoms with E-state index in [9.17, 15) is 13.2 Å². The van der Waals surface area contributed by atoms with Gasteiger partial charge in [-0.15, -0.1) is 5.10 Å². The van der Waals surface area contributed by atoms with Crippen LogP contribution in [0, 0.1) is 5.92 Å². The molecule has 3 fully saturated rings. The Bertz CT molecular complexity index is 1360. The number of hydrogen-bond acceptors (Lipinski definition) is 6. The Morgan fingerprint density at radius 2 is 1.66 bits per heavy atom. The molecule has 3 aliphatic rings. The molecule has 2 aliphatic carbocycles. The Kier molecular flexibility index (Phi) is 5.69. The number of nitrogens with zero attached hydrogens (tertiary/aromatic N) is 5. The third kappa shape index (κ3) is 4.50. The zero-order valence-corrected chi connectivity index (χ0v) is 20.7. The van der Waals surface area contributed by atoms with E-state index in [1.54, 1.807) is 33.1 Å². The van der Waals surface area contributed by atoms with E-state index in [-0.39, 0.29) is 23.9 Å². The second-order valence-corrected chi connectivity index (χ2v) is 11.9. The molecule has 35 heavy (non-hydrogen) atoms. The SMILES string of the molecule is O=C(Nc1nc2cccc(N3CCC(N(C4CC4)S(=O)(=O)c4ccc(Cl)cc4)CC3)n2n1)C1CC1. The van der Waals surface area contributed by atoms with Gasteiger partial charge in [0, 0.05) is 36.1 Å². The van der Waals surface area contributed by atoms with Crippen molar-refractivity contribution in [1.82, 2.24) is 18.9 Å². The minimum Gasteiger partial charge on any atom is -0.356 e. The lowest BCUT2D eigenvalue weighted by molar-refractivity contribution is -0.117. The standard InChI is InChI=1S/C24H27ClN6O3S/c25-17-6-10-20(11-7-17)35(33,34)31(18-8-9-18)19-12-14-29(15-13-19)22-3-1-2-21-26-24(28-30(21)22)27-23(32)16-4-5-16/h1-3,6-7,10-11,16,18-19H,4-5,8-9,12-15H2,(H,27,28,32). The molecular formula is C24H27ClN6O3S. The normalized spacial score (nSPS) is 19.4. The van der Waals surface area contributed by atoms with E-state index in [0.29, 0.717) is 34.6 Å². The van der Waals surface area contributed by atoms with E-state index in [2.05, 4.69) is 20.3 Å². The van der Waals surface area contributed by atoms with Gasteiger partial charge in [-0.2, -0.15) is 13.8 Å². The summed E-state index contributed by atoms with van der Waals surface area (Å²) in [5, 5.41) is 7.87. The number of sulfonamides is 1. The van der Waals surface area contributed by atoms with Crippen LogP contribution in [0.25, 0.3) is 5.65 Å². The molecule has 1 aromatic carbocycles. The summed E-state index contributed by atoms with van der Waals surface area (Å²) in [7, 11) is -3.59. The number of carbonyl (C=O) groups excluding carboxylic acids is 1. The maximum Gasteiger partial charge on any atom is 0.249 e. The Labute approximate surface area is 209 Å². The fourth-order valence-electron chi connectivity index (χ4n) is 4.84. The predicted molar refractivity (Wildman–Crippen MR) is 133 cm³/mol. The van der Waals surface area contributed by atoms with Crippen LogP contribution in [-0.4, -0.2) is 58.4 Å². The molecule has 6 rings (SSSR count). The number of fused-ring (bicyclic) bond motifs is 1. The van der Waals surface area contributed by atoms with Crippen molar-refractivity contribution < 1.29 is 13.2 Å². The smallest absolute Gasteiger partial charge is 0.249 e. The zero-order chi connectivity index (χ0) is 24.2. The van der Waals surface area contributed by atoms with E-state index < -0.39 is 10.0 Å². The van der Waals surface area contributed by atoms with E-state index in [1.807, 2.05) is 18.2 Å². The summed E-state index contributed by atoms with van der Waals surface area (Å²) in [6.45, 7) is 1.40. The number of aromatic nitrogens is 3. The van der Waals surface area contributed by atoms with Crippen LogP contribution in [0.4, 0.5) is 11.8 Å². The Morgan fingerprint density at radius 3 is 2.31 bits per heavy atom. The number of carbonyl (C=O) groups is 1. The van der Waals surface area contributed by atoms with E-state index in [1.165, 1.54) is 0 Å². The summed E-state index contributed by atoms with van der Waals surface area (Å²) in [6, 6.07) is 12.2. The van der Waals surface area contributed by atoms with Gasteiger partial charge in [0.1, 0.15) is 5.82 Å². The van der Waals surface area contributed by atoms with Crippen molar-refractivity contribution in [1.29, 1.82) is 0 Å². The number of pyridine rings is 1. The average molecular weight is 515 g/mol. The van der Waals surface area contributed by atoms with Crippen molar-refractivity contribution in [2.45, 2.75) is 55.5 Å². The zero-order valence-electron chi connectivity index (χ0n) is 19.2. The molecule has 11 heteroatoms. The molecule has 0 unspecified atom stereocenters. The summed E-state index contributed by atoms with van der Waals surface area (Å²) < 4.78 is 30.5. The van der Waals surface area contributed by atoms with Crippen molar-refractivity contribution in [2.24, 2.45) is 5.92 Å². The highest BCUT2D eigenvalue weighted by molar-refractivity contribution is 7.89. The maximum absolute atomic E-state index is 13.5. The molecule has 0 atom stereocenters. The van der Waals surface area contributed by atoms with Crippen molar-refractivity contribution in [3.63, 3.8) is 0 Å². The molecule has 184 valence electrons. The summed E-state index contributed by atoms with van der Waals surface area (Å²) in [6.07, 6.45) is 5.09. The number of piperidine rings is 1. The molecule has 3 aromatic rings. The number of amides is 1. The van der Waals surface area contributed by atoms with Crippen LogP contribution >= 0.6 is 11.6 Å². The van der Waals surface area contributed by atoms with Gasteiger partial charge in [-0.3, -0.25) is 10.1 Å². The first-order valence-electron chi connectivity index (χ1n) is 12.1. The summed E-state index contributed by atoms with van der Waals surface area (Å²) in [5.41, 5.74) is 0.667. The second-order valence-electron chi connectivity index (χ2n) is 9.59. The summed E-state index contributed by atoms with van der Waals surface area (Å²) in [5.74, 6) is 1.26. The van der Waals surface area contributed by atoms with Crippen molar-refractivity contribution in [3.8, 4) is 0 Å². The van der Waals surface area contributed by atoms with Gasteiger partial charge in [0.25, 0.3) is 0 Å². The fourth-order valence-corrected chi connectivity index (χ4v) is 6.90. The van der Waals surface area contributed by atoms with Crippen molar-refractivity contribution >= 4 is 44.9 Å². The topological polar surface area (TPSA) is 99.9 Å². The first-order chi connectivity index (χ1) is 16.9. The van der Waals surface area contributed by atoms with E-state index >= 15 is 0 Å². The van der Waals surface area contributed by atoms with Crippen LogP contribution in [0.2, 0.25) is 5.02 Å². The maximum atomic E-state index is 13.5. The van der Waals surface area contributed by atoms with Gasteiger partial charge in [-0.1, -0.05) is 17.7 Å². The van der Waals surface area contributed by atoms with Crippen LogP contribution in [0.5, 0.6) is 0 Å². The number of hydrogen-bond donors (Lipinski definition) is 1. The molecule has 1 aliphatic heterocycles. The minimum atomic E-state index is -3.59. The number of nitrogens with one attached hydrogen (secondary N) is 1. The first kappa shape index (κ1) is 22.8. The largest absolute Gasteiger partial charge is 0.356 e. The molecule has 0 radical (unpaired) electrons. The molecular weight excluding hydrogens is 488 g/mol. The predicted octanol–water partition coefficient (Wildman–Crippen LogP) is 3.55. The lowest BCUT2D eigenvalue weighted by Gasteiger charge is -2.38. The molecule has 1 N–H and O–H groups in total. The highest BCUT2D eigenvalue weighted by Crippen LogP contribution is 2.37. The number of rotatable bonds is 7. The number of benzene rings is 1. The van der Waals surface area contributed by atoms with Crippen LogP contribution < -0.4 is 10.2 Å². The third-order valence-electron chi connectivity index (χ3n) is 6.97. The lowest BCUT2D eigenvalue weighted by atomic mass is 10.0. The molecule has 1 amide bonds. The third-order valence-corrected chi connectivity index (χ3v) is 9.24. The highest BCUT2D eigenvalue weighted by Gasteiger charge is 2.43. The van der Waals surface area contributed by atoms with Crippen molar-refractivity contribution in [2.75, 3.05) is 23.3 Å².